The van der Waals surface area contributed by atoms with Gasteiger partial charge in [-0.2, -0.15) is 5.26 Å². The highest BCUT2D eigenvalue weighted by Crippen LogP contribution is 2.24. The van der Waals surface area contributed by atoms with Crippen molar-refractivity contribution in [3.8, 4) is 6.07 Å². The summed E-state index contributed by atoms with van der Waals surface area (Å²) in [7, 11) is 2.19. The van der Waals surface area contributed by atoms with E-state index in [4.69, 9.17) is 0 Å². The first kappa shape index (κ1) is 15.3. The third-order valence-electron chi connectivity index (χ3n) is 4.85. The Balaban J connectivity index is 1.63. The largest absolute Gasteiger partial charge is 0.368 e. The van der Waals surface area contributed by atoms with Crippen LogP contribution < -0.4 is 4.90 Å². The Labute approximate surface area is 131 Å². The highest BCUT2D eigenvalue weighted by Gasteiger charge is 2.27. The van der Waals surface area contributed by atoms with Crippen molar-refractivity contribution < 1.29 is 4.39 Å². The van der Waals surface area contributed by atoms with Crippen molar-refractivity contribution in [3.63, 3.8) is 0 Å². The topological polar surface area (TPSA) is 33.5 Å². The highest BCUT2D eigenvalue weighted by atomic mass is 19.1. The van der Waals surface area contributed by atoms with Crippen LogP contribution in [0.3, 0.4) is 0 Å². The number of anilines is 1. The predicted octanol–water partition coefficient (Wildman–Crippen LogP) is 1.91. The molecule has 1 atom stereocenters. The summed E-state index contributed by atoms with van der Waals surface area (Å²) in [5.41, 5.74) is 1.30. The van der Waals surface area contributed by atoms with Crippen LogP contribution in [0.4, 0.5) is 10.1 Å². The number of likely N-dealkylation sites (tertiary alicyclic amines) is 1. The number of benzene rings is 1. The van der Waals surface area contributed by atoms with Crippen LogP contribution in [-0.4, -0.2) is 62.2 Å². The molecule has 4 nitrogen and oxygen atoms in total. The monoisotopic (exact) mass is 302 g/mol. The molecule has 3 rings (SSSR count). The minimum absolute atomic E-state index is 0.343. The van der Waals surface area contributed by atoms with Crippen molar-refractivity contribution in [2.45, 2.75) is 18.9 Å². The van der Waals surface area contributed by atoms with Crippen molar-refractivity contribution in [1.29, 1.82) is 5.26 Å². The molecule has 0 aliphatic carbocycles. The Bertz CT molecular complexity index is 560. The van der Waals surface area contributed by atoms with Crippen molar-refractivity contribution >= 4 is 5.69 Å². The maximum absolute atomic E-state index is 13.3. The van der Waals surface area contributed by atoms with Crippen molar-refractivity contribution in [2.24, 2.45) is 0 Å². The van der Waals surface area contributed by atoms with E-state index in [1.54, 1.807) is 6.07 Å². The molecule has 2 saturated heterocycles. The molecule has 0 aromatic heterocycles. The van der Waals surface area contributed by atoms with Gasteiger partial charge in [0.2, 0.25) is 0 Å². The van der Waals surface area contributed by atoms with Crippen molar-refractivity contribution in [2.75, 3.05) is 51.2 Å². The van der Waals surface area contributed by atoms with E-state index < -0.39 is 0 Å². The third-order valence-corrected chi connectivity index (χ3v) is 4.85. The summed E-state index contributed by atoms with van der Waals surface area (Å²) in [5, 5.41) is 9.20. The van der Waals surface area contributed by atoms with Crippen LogP contribution in [0.1, 0.15) is 18.4 Å². The van der Waals surface area contributed by atoms with Gasteiger partial charge in [-0.1, -0.05) is 0 Å². The van der Waals surface area contributed by atoms with E-state index >= 15 is 0 Å². The summed E-state index contributed by atoms with van der Waals surface area (Å²) in [6.45, 7) is 6.19. The molecule has 1 aromatic rings. The quantitative estimate of drug-likeness (QED) is 0.836. The van der Waals surface area contributed by atoms with E-state index in [0.29, 0.717) is 11.6 Å². The zero-order valence-electron chi connectivity index (χ0n) is 13.1. The molecule has 2 aliphatic heterocycles. The lowest BCUT2D eigenvalue weighted by Gasteiger charge is -2.43. The number of likely N-dealkylation sites (N-methyl/N-ethyl adjacent to an activating group) is 1. The van der Waals surface area contributed by atoms with Crippen LogP contribution >= 0.6 is 0 Å². The zero-order chi connectivity index (χ0) is 15.5. The van der Waals surface area contributed by atoms with Crippen LogP contribution in [0.15, 0.2) is 18.2 Å². The number of piperidine rings is 1. The first-order valence-corrected chi connectivity index (χ1v) is 8.04. The van der Waals surface area contributed by atoms with Crippen molar-refractivity contribution in [1.82, 2.24) is 9.80 Å². The fourth-order valence-corrected chi connectivity index (χ4v) is 3.64. The number of rotatable bonds is 2. The number of halogens is 1. The van der Waals surface area contributed by atoms with Crippen LogP contribution in [-0.2, 0) is 0 Å². The number of nitrogens with zero attached hydrogens (tertiary/aromatic N) is 4. The smallest absolute Gasteiger partial charge is 0.124 e. The Morgan fingerprint density at radius 1 is 1.18 bits per heavy atom. The maximum Gasteiger partial charge on any atom is 0.124 e. The molecular weight excluding hydrogens is 279 g/mol. The minimum atomic E-state index is -0.343. The fourth-order valence-electron chi connectivity index (χ4n) is 3.64. The van der Waals surface area contributed by atoms with Gasteiger partial charge in [-0.3, -0.25) is 4.90 Å². The summed E-state index contributed by atoms with van der Waals surface area (Å²) < 4.78 is 13.3. The molecule has 0 amide bonds. The number of hydrogen-bond donors (Lipinski definition) is 0. The average Bonchev–Trinajstić information content (AvgIpc) is 2.55. The van der Waals surface area contributed by atoms with Crippen LogP contribution in [0.2, 0.25) is 0 Å². The first-order chi connectivity index (χ1) is 10.7. The van der Waals surface area contributed by atoms with Gasteiger partial charge in [-0.05, 0) is 44.6 Å². The SMILES string of the molecule is CN1CCC[C@H](N2CCN(c3ccc(F)cc3C#N)CC2)C1. The number of nitriles is 1. The van der Waals surface area contributed by atoms with E-state index in [2.05, 4.69) is 27.8 Å². The molecule has 0 unspecified atom stereocenters. The highest BCUT2D eigenvalue weighted by molar-refractivity contribution is 5.59. The molecule has 2 aliphatic rings. The zero-order valence-corrected chi connectivity index (χ0v) is 13.1. The van der Waals surface area contributed by atoms with Gasteiger partial charge in [0.1, 0.15) is 11.9 Å². The van der Waals surface area contributed by atoms with Gasteiger partial charge in [0.05, 0.1) is 11.3 Å². The van der Waals surface area contributed by atoms with E-state index in [9.17, 15) is 9.65 Å². The standard InChI is InChI=1S/C17H23FN4/c1-20-6-2-3-16(13-20)21-7-9-22(10-8-21)17-5-4-15(18)11-14(17)12-19/h4-5,11,16H,2-3,6-10,13H2,1H3/t16-/m0/s1. The first-order valence-electron chi connectivity index (χ1n) is 8.04. The summed E-state index contributed by atoms with van der Waals surface area (Å²) in [4.78, 5) is 7.19. The normalized spacial score (nSPS) is 24.2. The molecule has 0 N–H and O–H groups in total. The predicted molar refractivity (Wildman–Crippen MR) is 85.4 cm³/mol. The molecule has 0 saturated carbocycles. The Kier molecular flexibility index (Phi) is 4.60. The van der Waals surface area contributed by atoms with Gasteiger partial charge in [0.25, 0.3) is 0 Å². The third kappa shape index (κ3) is 3.23. The number of hydrogen-bond acceptors (Lipinski definition) is 4. The summed E-state index contributed by atoms with van der Waals surface area (Å²) >= 11 is 0. The van der Waals surface area contributed by atoms with Crippen LogP contribution in [0.5, 0.6) is 0 Å². The lowest BCUT2D eigenvalue weighted by molar-refractivity contribution is 0.106. The van der Waals surface area contributed by atoms with E-state index in [1.807, 2.05) is 0 Å². The molecule has 2 heterocycles. The summed E-state index contributed by atoms with van der Waals surface area (Å²) in [5.74, 6) is -0.343. The molecule has 22 heavy (non-hydrogen) atoms. The molecule has 0 spiro atoms. The Morgan fingerprint density at radius 3 is 2.64 bits per heavy atom. The van der Waals surface area contributed by atoms with Gasteiger partial charge in [-0.25, -0.2) is 4.39 Å². The van der Waals surface area contributed by atoms with Gasteiger partial charge < -0.3 is 9.80 Å². The Hall–Kier alpha value is -1.64. The van der Waals surface area contributed by atoms with Crippen LogP contribution in [0, 0.1) is 17.1 Å². The minimum Gasteiger partial charge on any atom is -0.368 e. The van der Waals surface area contributed by atoms with Crippen molar-refractivity contribution in [3.05, 3.63) is 29.6 Å². The fraction of sp³-hybridized carbons (Fsp3) is 0.588. The average molecular weight is 302 g/mol. The van der Waals surface area contributed by atoms with E-state index in [1.165, 1.54) is 31.5 Å². The van der Waals surface area contributed by atoms with E-state index in [-0.39, 0.29) is 5.82 Å². The lowest BCUT2D eigenvalue weighted by Crippen LogP contribution is -2.54. The van der Waals surface area contributed by atoms with Gasteiger partial charge >= 0.3 is 0 Å². The second kappa shape index (κ2) is 6.64. The summed E-state index contributed by atoms with van der Waals surface area (Å²) in [6, 6.07) is 7.28. The van der Waals surface area contributed by atoms with Gasteiger partial charge in [0.15, 0.2) is 0 Å². The number of piperazine rings is 1. The molecular formula is C17H23FN4. The molecule has 0 radical (unpaired) electrons. The second-order valence-corrected chi connectivity index (χ2v) is 6.35. The second-order valence-electron chi connectivity index (χ2n) is 6.35. The Morgan fingerprint density at radius 2 is 1.95 bits per heavy atom. The van der Waals surface area contributed by atoms with Crippen LogP contribution in [0.25, 0.3) is 0 Å². The maximum atomic E-state index is 13.3. The molecule has 0 bridgehead atoms. The molecule has 2 fully saturated rings. The van der Waals surface area contributed by atoms with E-state index in [0.717, 1.165) is 38.4 Å². The molecule has 118 valence electrons. The molecule has 5 heteroatoms. The van der Waals surface area contributed by atoms with Gasteiger partial charge in [-0.15, -0.1) is 0 Å². The lowest BCUT2D eigenvalue weighted by atomic mass is 10.0. The van der Waals surface area contributed by atoms with Gasteiger partial charge in [0, 0.05) is 38.8 Å². The molecule has 1 aromatic carbocycles. The summed E-state index contributed by atoms with van der Waals surface area (Å²) in [6.07, 6.45) is 2.56.